The molecule has 1 N–H and O–H groups in total. The Morgan fingerprint density at radius 3 is 2.92 bits per heavy atom. The normalized spacial score (nSPS) is 13.2. The summed E-state index contributed by atoms with van der Waals surface area (Å²) in [4.78, 5) is 18.1. The first-order valence-electron chi connectivity index (χ1n) is 7.57. The Balaban J connectivity index is 1.80. The van der Waals surface area contributed by atoms with Crippen molar-refractivity contribution in [3.63, 3.8) is 0 Å². The third-order valence-corrected chi connectivity index (χ3v) is 4.85. The minimum Gasteiger partial charge on any atom is -0.490 e. The molecule has 0 unspecified atom stereocenters. The topological polar surface area (TPSA) is 124 Å². The summed E-state index contributed by atoms with van der Waals surface area (Å²) < 4.78 is 6.66. The second kappa shape index (κ2) is 6.26. The van der Waals surface area contributed by atoms with Crippen LogP contribution in [-0.4, -0.2) is 48.3 Å². The highest BCUT2D eigenvalue weighted by Crippen LogP contribution is 2.32. The van der Waals surface area contributed by atoms with Crippen LogP contribution in [0.15, 0.2) is 34.8 Å². The molecule has 2 aromatic heterocycles. The molecular formula is C15H13N7O3S. The number of ether oxygens (including phenoxy) is 1. The van der Waals surface area contributed by atoms with Crippen molar-refractivity contribution in [3.8, 4) is 17.3 Å². The van der Waals surface area contributed by atoms with Crippen molar-refractivity contribution in [2.24, 2.45) is 5.10 Å². The number of H-pyrrole nitrogens is 1. The predicted molar refractivity (Wildman–Crippen MR) is 94.6 cm³/mol. The number of fused-ring (bicyclic) bond motifs is 1. The number of aromatic amines is 1. The van der Waals surface area contributed by atoms with E-state index in [1.807, 2.05) is 6.92 Å². The highest BCUT2D eigenvalue weighted by Gasteiger charge is 2.24. The Hall–Kier alpha value is -3.21. The van der Waals surface area contributed by atoms with Gasteiger partial charge in [-0.2, -0.15) is 9.78 Å². The molecule has 0 saturated carbocycles. The van der Waals surface area contributed by atoms with Crippen molar-refractivity contribution in [3.05, 3.63) is 45.9 Å². The summed E-state index contributed by atoms with van der Waals surface area (Å²) in [7, 11) is 1.40. The van der Waals surface area contributed by atoms with Gasteiger partial charge in [0.1, 0.15) is 5.69 Å². The molecule has 0 spiro atoms. The molecule has 0 amide bonds. The van der Waals surface area contributed by atoms with Gasteiger partial charge >= 0.3 is 5.69 Å². The molecule has 0 aliphatic carbocycles. The summed E-state index contributed by atoms with van der Waals surface area (Å²) in [6, 6.07) is 4.79. The zero-order valence-corrected chi connectivity index (χ0v) is 14.6. The van der Waals surface area contributed by atoms with Crippen molar-refractivity contribution in [1.82, 2.24) is 24.8 Å². The molecule has 1 aromatic carbocycles. The maximum absolute atomic E-state index is 11.3. The van der Waals surface area contributed by atoms with Crippen LogP contribution in [0.3, 0.4) is 0 Å². The Bertz CT molecular complexity index is 1040. The molecule has 11 heteroatoms. The lowest BCUT2D eigenvalue weighted by molar-refractivity contribution is -0.385. The molecule has 4 rings (SSSR count). The third-order valence-electron chi connectivity index (χ3n) is 3.92. The van der Waals surface area contributed by atoms with Gasteiger partial charge in [-0.3, -0.25) is 10.1 Å². The number of benzene rings is 1. The van der Waals surface area contributed by atoms with Gasteiger partial charge in [0.15, 0.2) is 5.75 Å². The molecule has 26 heavy (non-hydrogen) atoms. The number of aryl methyl sites for hydroxylation is 1. The third kappa shape index (κ3) is 2.62. The van der Waals surface area contributed by atoms with Crippen molar-refractivity contribution in [2.75, 3.05) is 12.9 Å². The standard InChI is InChI=1S/C15H13N7O3S/c1-8-13(17-7-16-8)14-18-19-15-21(14)20-10(6-26-15)9-3-4-12(25-2)11(5-9)22(23)24/h3-5,7H,6H2,1-2H3,(H,16,17). The van der Waals surface area contributed by atoms with E-state index in [1.165, 1.54) is 24.9 Å². The van der Waals surface area contributed by atoms with E-state index in [0.717, 1.165) is 5.69 Å². The number of nitro groups is 1. The lowest BCUT2D eigenvalue weighted by Gasteiger charge is -2.14. The zero-order chi connectivity index (χ0) is 18.3. The molecule has 0 radical (unpaired) electrons. The lowest BCUT2D eigenvalue weighted by Crippen LogP contribution is -2.14. The number of hydrogen-bond donors (Lipinski definition) is 1. The summed E-state index contributed by atoms with van der Waals surface area (Å²) >= 11 is 1.46. The van der Waals surface area contributed by atoms with Gasteiger partial charge in [-0.1, -0.05) is 11.8 Å². The summed E-state index contributed by atoms with van der Waals surface area (Å²) in [6.45, 7) is 1.89. The first kappa shape index (κ1) is 16.3. The molecule has 10 nitrogen and oxygen atoms in total. The molecule has 0 atom stereocenters. The number of imidazole rings is 1. The number of nitrogens with one attached hydrogen (secondary N) is 1. The molecule has 132 valence electrons. The fourth-order valence-electron chi connectivity index (χ4n) is 2.61. The number of nitrogens with zero attached hydrogens (tertiary/aromatic N) is 6. The average Bonchev–Trinajstić information content (AvgIpc) is 3.26. The van der Waals surface area contributed by atoms with Gasteiger partial charge in [-0.05, 0) is 19.1 Å². The molecular weight excluding hydrogens is 358 g/mol. The number of methoxy groups -OCH3 is 1. The molecule has 1 aliphatic rings. The first-order chi connectivity index (χ1) is 12.6. The predicted octanol–water partition coefficient (Wildman–Crippen LogP) is 2.25. The van der Waals surface area contributed by atoms with Crippen LogP contribution < -0.4 is 4.74 Å². The van der Waals surface area contributed by atoms with E-state index >= 15 is 0 Å². The Morgan fingerprint density at radius 2 is 2.23 bits per heavy atom. The Morgan fingerprint density at radius 1 is 1.38 bits per heavy atom. The van der Waals surface area contributed by atoms with Crippen LogP contribution in [-0.2, 0) is 0 Å². The first-order valence-corrected chi connectivity index (χ1v) is 8.56. The van der Waals surface area contributed by atoms with Crippen LogP contribution in [0.5, 0.6) is 5.75 Å². The van der Waals surface area contributed by atoms with Gasteiger partial charge in [-0.25, -0.2) is 4.98 Å². The van der Waals surface area contributed by atoms with Gasteiger partial charge in [0.2, 0.25) is 11.0 Å². The maximum atomic E-state index is 11.3. The number of nitro benzene ring substituents is 1. The van der Waals surface area contributed by atoms with E-state index in [-0.39, 0.29) is 11.4 Å². The molecule has 1 aliphatic heterocycles. The Kier molecular flexibility index (Phi) is 3.92. The van der Waals surface area contributed by atoms with Gasteiger partial charge in [0, 0.05) is 23.1 Å². The van der Waals surface area contributed by atoms with Crippen LogP contribution in [0, 0.1) is 17.0 Å². The lowest BCUT2D eigenvalue weighted by atomic mass is 10.1. The Labute approximate surface area is 151 Å². The smallest absolute Gasteiger partial charge is 0.311 e. The van der Waals surface area contributed by atoms with Gasteiger partial charge in [-0.15, -0.1) is 10.2 Å². The quantitative estimate of drug-likeness (QED) is 0.551. The summed E-state index contributed by atoms with van der Waals surface area (Å²) in [5, 5.41) is 24.8. The summed E-state index contributed by atoms with van der Waals surface area (Å²) in [5.41, 5.74) is 2.75. The van der Waals surface area contributed by atoms with Gasteiger partial charge in [0.05, 0.1) is 24.1 Å². The van der Waals surface area contributed by atoms with Crippen molar-refractivity contribution in [2.45, 2.75) is 12.1 Å². The van der Waals surface area contributed by atoms with E-state index < -0.39 is 4.92 Å². The number of aromatic nitrogens is 5. The number of rotatable bonds is 4. The SMILES string of the molecule is COc1ccc(C2=Nn3c(nnc3-c3nc[nH]c3C)SC2)cc1[N+](=O)[O-]. The van der Waals surface area contributed by atoms with Crippen molar-refractivity contribution in [1.29, 1.82) is 0 Å². The minimum atomic E-state index is -0.471. The highest BCUT2D eigenvalue weighted by molar-refractivity contribution is 7.99. The monoisotopic (exact) mass is 371 g/mol. The highest BCUT2D eigenvalue weighted by atomic mass is 32.2. The van der Waals surface area contributed by atoms with E-state index in [9.17, 15) is 10.1 Å². The fraction of sp³-hybridized carbons (Fsp3) is 0.200. The van der Waals surface area contributed by atoms with Gasteiger partial charge < -0.3 is 9.72 Å². The second-order valence-corrected chi connectivity index (χ2v) is 6.42. The van der Waals surface area contributed by atoms with E-state index in [4.69, 9.17) is 4.74 Å². The fourth-order valence-corrected chi connectivity index (χ4v) is 3.45. The molecule has 0 saturated heterocycles. The molecule has 0 fully saturated rings. The molecule has 3 heterocycles. The van der Waals surface area contributed by atoms with E-state index in [0.29, 0.717) is 33.7 Å². The van der Waals surface area contributed by atoms with Crippen LogP contribution >= 0.6 is 11.8 Å². The van der Waals surface area contributed by atoms with E-state index in [2.05, 4.69) is 25.3 Å². The van der Waals surface area contributed by atoms with Crippen molar-refractivity contribution >= 4 is 23.2 Å². The number of hydrogen-bond acceptors (Lipinski definition) is 8. The largest absolute Gasteiger partial charge is 0.490 e. The zero-order valence-electron chi connectivity index (χ0n) is 13.8. The average molecular weight is 371 g/mol. The van der Waals surface area contributed by atoms with Crippen LogP contribution in [0.4, 0.5) is 5.69 Å². The van der Waals surface area contributed by atoms with Crippen molar-refractivity contribution < 1.29 is 9.66 Å². The summed E-state index contributed by atoms with van der Waals surface area (Å²) in [5.74, 6) is 1.26. The number of thioether (sulfide) groups is 1. The van der Waals surface area contributed by atoms with Crippen LogP contribution in [0.1, 0.15) is 11.3 Å². The van der Waals surface area contributed by atoms with E-state index in [1.54, 1.807) is 23.1 Å². The van der Waals surface area contributed by atoms with Gasteiger partial charge in [0.25, 0.3) is 0 Å². The minimum absolute atomic E-state index is 0.101. The maximum Gasteiger partial charge on any atom is 0.311 e. The second-order valence-electron chi connectivity index (χ2n) is 5.47. The summed E-state index contributed by atoms with van der Waals surface area (Å²) in [6.07, 6.45) is 1.58. The molecule has 3 aromatic rings. The molecule has 0 bridgehead atoms. The van der Waals surface area contributed by atoms with Crippen LogP contribution in [0.2, 0.25) is 0 Å². The van der Waals surface area contributed by atoms with Crippen LogP contribution in [0.25, 0.3) is 11.5 Å².